The molecular weight excluding hydrogens is 1260 g/mol. The number of ether oxygens (including phenoxy) is 4. The highest BCUT2D eigenvalue weighted by molar-refractivity contribution is 7.47. The summed E-state index contributed by atoms with van der Waals surface area (Å²) in [5, 5.41) is 10.6. The minimum atomic E-state index is -4.95. The minimum absolute atomic E-state index is 0.100. The monoisotopic (exact) mass is 1400 g/mol. The molecule has 0 aliphatic rings. The summed E-state index contributed by atoms with van der Waals surface area (Å²) >= 11 is 0. The lowest BCUT2D eigenvalue weighted by Gasteiger charge is -2.21. The van der Waals surface area contributed by atoms with Gasteiger partial charge in [0, 0.05) is 32.3 Å². The second kappa shape index (κ2) is 71.7. The van der Waals surface area contributed by atoms with Crippen LogP contribution in [-0.2, 0) is 65.4 Å². The molecule has 0 saturated heterocycles. The number of rotatable bonds is 75. The predicted molar refractivity (Wildman–Crippen MR) is 391 cm³/mol. The number of phosphoric acid groups is 2. The Bertz CT molecular complexity index is 2030. The van der Waals surface area contributed by atoms with Gasteiger partial charge in [0.25, 0.3) is 0 Å². The average Bonchev–Trinajstić information content (AvgIpc) is 1.53. The molecule has 17 nitrogen and oxygen atoms in total. The summed E-state index contributed by atoms with van der Waals surface area (Å²) in [7, 11) is -9.80. The van der Waals surface area contributed by atoms with Crippen LogP contribution in [0.2, 0.25) is 0 Å². The van der Waals surface area contributed by atoms with Gasteiger partial charge in [0.05, 0.1) is 26.4 Å². The number of hydrogen-bond donors (Lipinski definition) is 3. The Balaban J connectivity index is 5.28. The molecule has 0 saturated carbocycles. The molecule has 0 bridgehead atoms. The first-order chi connectivity index (χ1) is 46.8. The zero-order valence-corrected chi connectivity index (χ0v) is 62.6. The topological polar surface area (TPSA) is 237 Å². The van der Waals surface area contributed by atoms with Gasteiger partial charge < -0.3 is 38.6 Å². The minimum Gasteiger partial charge on any atom is -0.463 e. The number of aliphatic hydroxyl groups is 1. The van der Waals surface area contributed by atoms with Crippen LogP contribution in [0.4, 0.5) is 0 Å². The predicted octanol–water partition coefficient (Wildman–Crippen LogP) is 21.5. The molecule has 0 heterocycles. The van der Waals surface area contributed by atoms with Gasteiger partial charge in [0.1, 0.15) is 31.7 Å². The molecule has 5 atom stereocenters. The molecule has 0 aromatic rings. The van der Waals surface area contributed by atoms with Gasteiger partial charge in [-0.1, -0.05) is 281 Å². The summed E-state index contributed by atoms with van der Waals surface area (Å²) in [6.45, 7) is 3.48. The number of aldehydes is 1. The van der Waals surface area contributed by atoms with E-state index in [0.717, 1.165) is 141 Å². The maximum Gasteiger partial charge on any atom is 0.472 e. The SMILES string of the molecule is CCCCC/C=C\C/C=C\C/C=C\C/C=C\CCCC(=O)OC[C@H](COP(=O)(O)OC[C@@H](O)COP(=O)(O)OC[C@@H](COC(=O)CCCCCCCCCCCCCCC)OCCCCCCC/C=C\CCCCCCC=O)OC(=O)CCCCCCCCCCCCCCC. The van der Waals surface area contributed by atoms with Crippen molar-refractivity contribution in [1.29, 1.82) is 0 Å². The van der Waals surface area contributed by atoms with Crippen LogP contribution in [0.1, 0.15) is 342 Å². The van der Waals surface area contributed by atoms with Gasteiger partial charge in [-0.3, -0.25) is 32.5 Å². The molecule has 0 aliphatic carbocycles. The first-order valence-corrected chi connectivity index (χ1v) is 41.5. The van der Waals surface area contributed by atoms with Crippen molar-refractivity contribution < 1.29 is 80.2 Å². The van der Waals surface area contributed by atoms with Crippen LogP contribution in [-0.4, -0.2) is 104 Å². The number of carbonyl (C=O) groups excluding carboxylic acids is 4. The van der Waals surface area contributed by atoms with Crippen molar-refractivity contribution in [3.63, 3.8) is 0 Å². The van der Waals surface area contributed by atoms with Gasteiger partial charge >= 0.3 is 33.6 Å². The fourth-order valence-electron chi connectivity index (χ4n) is 10.6. The third-order valence-corrected chi connectivity index (χ3v) is 18.4. The Kier molecular flexibility index (Phi) is 69.4. The Morgan fingerprint density at radius 1 is 0.333 bits per heavy atom. The molecule has 0 radical (unpaired) electrons. The van der Waals surface area contributed by atoms with Crippen LogP contribution in [0.5, 0.6) is 0 Å². The van der Waals surface area contributed by atoms with E-state index in [4.69, 9.17) is 37.0 Å². The molecule has 0 aromatic heterocycles. The molecule has 96 heavy (non-hydrogen) atoms. The lowest BCUT2D eigenvalue weighted by Crippen LogP contribution is -2.30. The van der Waals surface area contributed by atoms with E-state index in [-0.39, 0.29) is 25.9 Å². The van der Waals surface area contributed by atoms with Crippen molar-refractivity contribution >= 4 is 39.8 Å². The highest BCUT2D eigenvalue weighted by Crippen LogP contribution is 2.45. The summed E-state index contributed by atoms with van der Waals surface area (Å²) in [5.41, 5.74) is 0. The quantitative estimate of drug-likeness (QED) is 0.0128. The van der Waals surface area contributed by atoms with Gasteiger partial charge in [-0.25, -0.2) is 9.13 Å². The van der Waals surface area contributed by atoms with Crippen LogP contribution < -0.4 is 0 Å². The van der Waals surface area contributed by atoms with E-state index in [2.05, 4.69) is 69.4 Å². The van der Waals surface area contributed by atoms with Crippen molar-refractivity contribution in [1.82, 2.24) is 0 Å². The van der Waals surface area contributed by atoms with Crippen LogP contribution in [0, 0.1) is 0 Å². The summed E-state index contributed by atoms with van der Waals surface area (Å²) in [4.78, 5) is 70.3. The lowest BCUT2D eigenvalue weighted by molar-refractivity contribution is -0.161. The van der Waals surface area contributed by atoms with E-state index in [1.165, 1.54) is 128 Å². The first-order valence-electron chi connectivity index (χ1n) is 38.5. The number of allylic oxidation sites excluding steroid dienone is 10. The zero-order valence-electron chi connectivity index (χ0n) is 60.8. The molecule has 19 heteroatoms. The van der Waals surface area contributed by atoms with E-state index >= 15 is 0 Å². The van der Waals surface area contributed by atoms with Crippen LogP contribution >= 0.6 is 15.6 Å². The molecule has 0 rings (SSSR count). The molecule has 560 valence electrons. The molecule has 0 aromatic carbocycles. The standard InChI is InChI=1S/C77H140O17P2/c1-4-7-10-13-16-19-22-25-26-27-28-33-37-42-47-52-57-62-76(81)89-69-74(94-77(82)63-58-53-48-43-38-32-24-21-18-15-12-9-6-3)71-93-96(85,86)91-67-72(79)66-90-95(83,84)92-70-73(87-65-60-55-50-45-40-35-30-29-34-39-44-49-54-59-64-78)68-88-75(80)61-56-51-46-41-36-31-23-20-17-14-11-8-5-2/h16,19,25-26,28-30,33,42,47,64,72-74,79H,4-15,17-18,20-24,27,31-32,34-41,43-46,48-63,65-71H2,1-3H3,(H,83,84)(H,85,86)/b19-16-,26-25-,30-29-,33-28-,47-42-/t72-,73+,74+/m0/s1. The van der Waals surface area contributed by atoms with Crippen molar-refractivity contribution in [2.45, 2.75) is 360 Å². The van der Waals surface area contributed by atoms with E-state index in [1.807, 2.05) is 12.2 Å². The Morgan fingerprint density at radius 3 is 1.05 bits per heavy atom. The third-order valence-electron chi connectivity index (χ3n) is 16.5. The smallest absolute Gasteiger partial charge is 0.463 e. The molecule has 0 fully saturated rings. The van der Waals surface area contributed by atoms with Crippen molar-refractivity contribution in [2.75, 3.05) is 46.2 Å². The largest absolute Gasteiger partial charge is 0.472 e. The van der Waals surface area contributed by atoms with Gasteiger partial charge in [0.2, 0.25) is 0 Å². The normalized spacial score (nSPS) is 14.3. The fraction of sp³-hybridized carbons (Fsp3) is 0.818. The highest BCUT2D eigenvalue weighted by Gasteiger charge is 2.30. The molecule has 0 spiro atoms. The number of aliphatic hydroxyl groups excluding tert-OH is 1. The number of hydrogen-bond acceptors (Lipinski definition) is 15. The maximum atomic E-state index is 13.1. The Morgan fingerprint density at radius 2 is 0.625 bits per heavy atom. The number of carbonyl (C=O) groups is 4. The van der Waals surface area contributed by atoms with Crippen LogP contribution in [0.15, 0.2) is 60.8 Å². The summed E-state index contributed by atoms with van der Waals surface area (Å²) in [5.74, 6) is -1.51. The van der Waals surface area contributed by atoms with Gasteiger partial charge in [0.15, 0.2) is 6.10 Å². The van der Waals surface area contributed by atoms with Crippen LogP contribution in [0.25, 0.3) is 0 Å². The lowest BCUT2D eigenvalue weighted by atomic mass is 10.0. The molecule has 0 amide bonds. The van der Waals surface area contributed by atoms with E-state index < -0.39 is 84.9 Å². The summed E-state index contributed by atoms with van der Waals surface area (Å²) in [6, 6.07) is 0. The van der Waals surface area contributed by atoms with E-state index in [1.54, 1.807) is 0 Å². The molecule has 0 aliphatic heterocycles. The third kappa shape index (κ3) is 70.8. The van der Waals surface area contributed by atoms with Crippen LogP contribution in [0.3, 0.4) is 0 Å². The van der Waals surface area contributed by atoms with E-state index in [0.29, 0.717) is 45.1 Å². The summed E-state index contributed by atoms with van der Waals surface area (Å²) in [6.07, 6.45) is 69.9. The molecule has 2 unspecified atom stereocenters. The number of esters is 3. The molecular formula is C77H140O17P2. The number of phosphoric ester groups is 2. The second-order valence-corrected chi connectivity index (χ2v) is 28.8. The maximum absolute atomic E-state index is 13.1. The van der Waals surface area contributed by atoms with Gasteiger partial charge in [-0.15, -0.1) is 0 Å². The van der Waals surface area contributed by atoms with Gasteiger partial charge in [-0.2, -0.15) is 0 Å². The zero-order chi connectivity index (χ0) is 70.2. The van der Waals surface area contributed by atoms with Crippen molar-refractivity contribution in [3.05, 3.63) is 60.8 Å². The Labute approximate surface area is 584 Å². The highest BCUT2D eigenvalue weighted by atomic mass is 31.2. The Hall–Kier alpha value is -3.08. The number of unbranched alkanes of at least 4 members (excludes halogenated alkanes) is 38. The second-order valence-electron chi connectivity index (χ2n) is 25.9. The van der Waals surface area contributed by atoms with E-state index in [9.17, 15) is 43.2 Å². The average molecular weight is 1400 g/mol. The fourth-order valence-corrected chi connectivity index (χ4v) is 12.2. The van der Waals surface area contributed by atoms with Gasteiger partial charge in [-0.05, 0) is 96.3 Å². The summed E-state index contributed by atoms with van der Waals surface area (Å²) < 4.78 is 69.1. The molecule has 3 N–H and O–H groups in total. The first kappa shape index (κ1) is 92.9. The van der Waals surface area contributed by atoms with Crippen molar-refractivity contribution in [2.24, 2.45) is 0 Å². The van der Waals surface area contributed by atoms with Crippen molar-refractivity contribution in [3.8, 4) is 0 Å².